The number of nitrogens with one attached hydrogen (secondary N) is 3. The van der Waals surface area contributed by atoms with E-state index in [1.54, 1.807) is 12.4 Å². The van der Waals surface area contributed by atoms with Crippen LogP contribution >= 0.6 is 0 Å². The number of aromatic nitrogens is 2. The second-order valence-electron chi connectivity index (χ2n) is 6.41. The summed E-state index contributed by atoms with van der Waals surface area (Å²) in [6.07, 6.45) is 1.02. The SMILES string of the molecule is Cc1c(-c2c[nH]c3cc(C(F)(F)F)ccc23)c[nH]c1C(=O)NC1CC1. The molecule has 2 aromatic heterocycles. The zero-order valence-corrected chi connectivity index (χ0v) is 13.4. The highest BCUT2D eigenvalue weighted by Gasteiger charge is 2.31. The summed E-state index contributed by atoms with van der Waals surface area (Å²) in [4.78, 5) is 18.1. The van der Waals surface area contributed by atoms with Gasteiger partial charge in [0, 0.05) is 40.5 Å². The lowest BCUT2D eigenvalue weighted by molar-refractivity contribution is -0.137. The molecule has 1 aromatic carbocycles. The van der Waals surface area contributed by atoms with Crippen molar-refractivity contribution in [2.45, 2.75) is 32.0 Å². The topological polar surface area (TPSA) is 60.7 Å². The lowest BCUT2D eigenvalue weighted by atomic mass is 10.0. The average Bonchev–Trinajstić information content (AvgIpc) is 3.13. The Morgan fingerprint density at radius 1 is 1.16 bits per heavy atom. The summed E-state index contributed by atoms with van der Waals surface area (Å²) in [5.74, 6) is -0.148. The van der Waals surface area contributed by atoms with Gasteiger partial charge in [-0.05, 0) is 37.5 Å². The van der Waals surface area contributed by atoms with Crippen LogP contribution in [0.2, 0.25) is 0 Å². The van der Waals surface area contributed by atoms with Gasteiger partial charge < -0.3 is 15.3 Å². The van der Waals surface area contributed by atoms with Crippen LogP contribution in [0.3, 0.4) is 0 Å². The van der Waals surface area contributed by atoms with Crippen LogP contribution in [0.15, 0.2) is 30.6 Å². The van der Waals surface area contributed by atoms with E-state index in [1.807, 2.05) is 6.92 Å². The quantitative estimate of drug-likeness (QED) is 0.647. The number of hydrogen-bond acceptors (Lipinski definition) is 1. The molecule has 0 saturated heterocycles. The number of fused-ring (bicyclic) bond motifs is 1. The van der Waals surface area contributed by atoms with E-state index in [0.717, 1.165) is 41.7 Å². The number of alkyl halides is 3. The van der Waals surface area contributed by atoms with Crippen molar-refractivity contribution in [3.05, 3.63) is 47.4 Å². The van der Waals surface area contributed by atoms with E-state index in [0.29, 0.717) is 16.6 Å². The first kappa shape index (κ1) is 15.8. The van der Waals surface area contributed by atoms with E-state index >= 15 is 0 Å². The van der Waals surface area contributed by atoms with Crippen molar-refractivity contribution in [1.82, 2.24) is 15.3 Å². The smallest absolute Gasteiger partial charge is 0.361 e. The molecule has 0 unspecified atom stereocenters. The number of carbonyl (C=O) groups is 1. The monoisotopic (exact) mass is 347 g/mol. The number of halogens is 3. The summed E-state index contributed by atoms with van der Waals surface area (Å²) >= 11 is 0. The number of H-pyrrole nitrogens is 2. The Kier molecular flexibility index (Phi) is 3.42. The maximum absolute atomic E-state index is 12.8. The zero-order valence-electron chi connectivity index (χ0n) is 13.4. The highest BCUT2D eigenvalue weighted by Crippen LogP contribution is 2.36. The van der Waals surface area contributed by atoms with Gasteiger partial charge in [0.25, 0.3) is 5.91 Å². The molecule has 1 amide bonds. The van der Waals surface area contributed by atoms with E-state index < -0.39 is 11.7 Å². The van der Waals surface area contributed by atoms with Gasteiger partial charge in [0.2, 0.25) is 0 Å². The predicted octanol–water partition coefficient (Wildman–Crippen LogP) is 4.38. The molecule has 25 heavy (non-hydrogen) atoms. The summed E-state index contributed by atoms with van der Waals surface area (Å²) in [7, 11) is 0. The maximum Gasteiger partial charge on any atom is 0.416 e. The number of aromatic amines is 2. The Balaban J connectivity index is 1.72. The predicted molar refractivity (Wildman–Crippen MR) is 88.3 cm³/mol. The van der Waals surface area contributed by atoms with E-state index in [1.165, 1.54) is 6.07 Å². The molecular formula is C18H16F3N3O. The van der Waals surface area contributed by atoms with Crippen molar-refractivity contribution < 1.29 is 18.0 Å². The molecule has 3 N–H and O–H groups in total. The third-order valence-electron chi connectivity index (χ3n) is 4.58. The van der Waals surface area contributed by atoms with Gasteiger partial charge in [-0.15, -0.1) is 0 Å². The highest BCUT2D eigenvalue weighted by molar-refractivity contribution is 6.01. The second-order valence-corrected chi connectivity index (χ2v) is 6.41. The molecule has 0 atom stereocenters. The van der Waals surface area contributed by atoms with Crippen LogP contribution in [0.5, 0.6) is 0 Å². The van der Waals surface area contributed by atoms with E-state index in [-0.39, 0.29) is 11.9 Å². The van der Waals surface area contributed by atoms with Crippen LogP contribution in [0, 0.1) is 6.92 Å². The van der Waals surface area contributed by atoms with Crippen molar-refractivity contribution in [2.75, 3.05) is 0 Å². The normalized spacial score (nSPS) is 14.9. The molecule has 1 aliphatic carbocycles. The van der Waals surface area contributed by atoms with Gasteiger partial charge in [-0.1, -0.05) is 6.07 Å². The fourth-order valence-electron chi connectivity index (χ4n) is 3.02. The molecule has 3 aromatic rings. The number of amides is 1. The first-order valence-corrected chi connectivity index (χ1v) is 8.02. The van der Waals surface area contributed by atoms with Gasteiger partial charge in [0.15, 0.2) is 0 Å². The van der Waals surface area contributed by atoms with Gasteiger partial charge in [0.1, 0.15) is 5.69 Å². The number of carbonyl (C=O) groups excluding carboxylic acids is 1. The van der Waals surface area contributed by atoms with E-state index in [4.69, 9.17) is 0 Å². The molecule has 0 spiro atoms. The molecule has 4 nitrogen and oxygen atoms in total. The van der Waals surface area contributed by atoms with E-state index in [2.05, 4.69) is 15.3 Å². The maximum atomic E-state index is 12.8. The van der Waals surface area contributed by atoms with Crippen molar-refractivity contribution in [2.24, 2.45) is 0 Å². The molecule has 1 fully saturated rings. The zero-order chi connectivity index (χ0) is 17.8. The third-order valence-corrected chi connectivity index (χ3v) is 4.58. The lowest BCUT2D eigenvalue weighted by Gasteiger charge is -2.06. The van der Waals surface area contributed by atoms with Gasteiger partial charge in [-0.3, -0.25) is 4.79 Å². The van der Waals surface area contributed by atoms with Crippen molar-refractivity contribution >= 4 is 16.8 Å². The molecule has 130 valence electrons. The minimum Gasteiger partial charge on any atom is -0.361 e. The number of benzene rings is 1. The van der Waals surface area contributed by atoms with Crippen LogP contribution in [-0.4, -0.2) is 21.9 Å². The molecule has 7 heteroatoms. The minimum absolute atomic E-state index is 0.148. The first-order chi connectivity index (χ1) is 11.8. The Hall–Kier alpha value is -2.70. The van der Waals surface area contributed by atoms with Crippen molar-refractivity contribution in [1.29, 1.82) is 0 Å². The Bertz CT molecular complexity index is 964. The van der Waals surface area contributed by atoms with Crippen molar-refractivity contribution in [3.8, 4) is 11.1 Å². The molecule has 1 saturated carbocycles. The summed E-state index contributed by atoms with van der Waals surface area (Å²) < 4.78 is 38.5. The summed E-state index contributed by atoms with van der Waals surface area (Å²) in [6.45, 7) is 1.83. The Morgan fingerprint density at radius 2 is 1.88 bits per heavy atom. The molecular weight excluding hydrogens is 331 g/mol. The summed E-state index contributed by atoms with van der Waals surface area (Å²) in [5, 5.41) is 3.61. The molecule has 1 aliphatic rings. The standard InChI is InChI=1S/C18H16F3N3O/c1-9-13(7-23-16(9)17(25)24-11-3-4-11)14-8-22-15-6-10(18(19,20)21)2-5-12(14)15/h2,5-8,11,22-23H,3-4H2,1H3,(H,24,25). The van der Waals surface area contributed by atoms with Gasteiger partial charge >= 0.3 is 6.18 Å². The highest BCUT2D eigenvalue weighted by atomic mass is 19.4. The molecule has 0 bridgehead atoms. The third kappa shape index (κ3) is 2.79. The summed E-state index contributed by atoms with van der Waals surface area (Å²) in [5.41, 5.74) is 2.55. The molecule has 2 heterocycles. The van der Waals surface area contributed by atoms with Crippen molar-refractivity contribution in [3.63, 3.8) is 0 Å². The summed E-state index contributed by atoms with van der Waals surface area (Å²) in [6, 6.07) is 3.89. The fourth-order valence-corrected chi connectivity index (χ4v) is 3.02. The minimum atomic E-state index is -4.38. The van der Waals surface area contributed by atoms with Gasteiger partial charge in [-0.25, -0.2) is 0 Å². The van der Waals surface area contributed by atoms with Gasteiger partial charge in [0.05, 0.1) is 5.56 Å². The Labute approximate surface area is 141 Å². The average molecular weight is 347 g/mol. The first-order valence-electron chi connectivity index (χ1n) is 8.02. The number of hydrogen-bond donors (Lipinski definition) is 3. The van der Waals surface area contributed by atoms with Crippen LogP contribution in [0.4, 0.5) is 13.2 Å². The van der Waals surface area contributed by atoms with Crippen LogP contribution in [-0.2, 0) is 6.18 Å². The fraction of sp³-hybridized carbons (Fsp3) is 0.278. The molecule has 0 aliphatic heterocycles. The largest absolute Gasteiger partial charge is 0.416 e. The molecule has 0 radical (unpaired) electrons. The van der Waals surface area contributed by atoms with Gasteiger partial charge in [-0.2, -0.15) is 13.2 Å². The second kappa shape index (κ2) is 5.40. The molecule has 4 rings (SSSR count). The van der Waals surface area contributed by atoms with Crippen LogP contribution in [0.25, 0.3) is 22.0 Å². The van der Waals surface area contributed by atoms with E-state index in [9.17, 15) is 18.0 Å². The Morgan fingerprint density at radius 3 is 2.56 bits per heavy atom. The van der Waals surface area contributed by atoms with Crippen LogP contribution in [0.1, 0.15) is 34.5 Å². The lowest BCUT2D eigenvalue weighted by Crippen LogP contribution is -2.26. The van der Waals surface area contributed by atoms with Crippen LogP contribution < -0.4 is 5.32 Å². The number of rotatable bonds is 3.